The summed E-state index contributed by atoms with van der Waals surface area (Å²) in [5, 5.41) is 0. The molecular formula is C17H28O3Si2. The zero-order chi connectivity index (χ0) is 17.0. The van der Waals surface area contributed by atoms with Gasteiger partial charge in [-0.1, -0.05) is 74.4 Å². The molecule has 122 valence electrons. The van der Waals surface area contributed by atoms with E-state index in [0.717, 1.165) is 5.56 Å². The van der Waals surface area contributed by atoms with Crippen molar-refractivity contribution >= 4 is 22.3 Å². The number of benzene rings is 1. The van der Waals surface area contributed by atoms with Gasteiger partial charge in [0.25, 0.3) is 0 Å². The summed E-state index contributed by atoms with van der Waals surface area (Å²) in [4.78, 5) is 13.1. The van der Waals surface area contributed by atoms with E-state index in [1.165, 1.54) is 11.9 Å². The molecule has 0 bridgehead atoms. The normalized spacial score (nSPS) is 13.2. The van der Waals surface area contributed by atoms with Gasteiger partial charge in [0.05, 0.1) is 23.3 Å². The highest BCUT2D eigenvalue weighted by atomic mass is 28.4. The molecule has 1 aromatic rings. The number of carbonyl (C=O) groups is 1. The van der Waals surface area contributed by atoms with Crippen LogP contribution in [-0.4, -0.2) is 29.4 Å². The molecule has 1 unspecified atom stereocenters. The van der Waals surface area contributed by atoms with Crippen molar-refractivity contribution in [1.29, 1.82) is 0 Å². The first-order chi connectivity index (χ1) is 10.1. The van der Waals surface area contributed by atoms with Crippen LogP contribution in [0.25, 0.3) is 0 Å². The van der Waals surface area contributed by atoms with Crippen LogP contribution in [0, 0.1) is 0 Å². The van der Waals surface area contributed by atoms with Gasteiger partial charge < -0.3 is 9.47 Å². The lowest BCUT2D eigenvalue weighted by molar-refractivity contribution is 0.0521. The van der Waals surface area contributed by atoms with Crippen LogP contribution in [0.3, 0.4) is 0 Å². The predicted octanol–water partition coefficient (Wildman–Crippen LogP) is 5.19. The first kappa shape index (κ1) is 18.7. The smallest absolute Gasteiger partial charge is 0.438 e. The van der Waals surface area contributed by atoms with Gasteiger partial charge in [-0.25, -0.2) is 4.79 Å². The van der Waals surface area contributed by atoms with Gasteiger partial charge in [0, 0.05) is 0 Å². The quantitative estimate of drug-likeness (QED) is 0.548. The van der Waals surface area contributed by atoms with Crippen molar-refractivity contribution in [2.45, 2.75) is 45.4 Å². The first-order valence-electron chi connectivity index (χ1n) is 7.58. The average molecular weight is 337 g/mol. The highest BCUT2D eigenvalue weighted by Gasteiger charge is 2.32. The third-order valence-corrected chi connectivity index (χ3v) is 11.5. The second kappa shape index (κ2) is 7.28. The fraction of sp³-hybridized carbons (Fsp3) is 0.471. The molecule has 22 heavy (non-hydrogen) atoms. The third-order valence-electron chi connectivity index (χ3n) is 3.45. The molecule has 0 aliphatic carbocycles. The van der Waals surface area contributed by atoms with Gasteiger partial charge in [0.15, 0.2) is 0 Å². The average Bonchev–Trinajstić information content (AvgIpc) is 2.41. The largest absolute Gasteiger partial charge is 0.508 e. The van der Waals surface area contributed by atoms with E-state index in [0.29, 0.717) is 0 Å². The van der Waals surface area contributed by atoms with Gasteiger partial charge in [-0.3, -0.25) is 0 Å². The summed E-state index contributed by atoms with van der Waals surface area (Å²) in [6, 6.07) is 9.84. The zero-order valence-electron chi connectivity index (χ0n) is 14.8. The summed E-state index contributed by atoms with van der Waals surface area (Å²) >= 11 is 0. The number of methoxy groups -OCH3 is 1. The number of hydrogen-bond acceptors (Lipinski definition) is 3. The Hall–Kier alpha value is -1.34. The maximum absolute atomic E-state index is 11.6. The van der Waals surface area contributed by atoms with E-state index in [-0.39, 0.29) is 6.10 Å². The van der Waals surface area contributed by atoms with Crippen LogP contribution in [0.15, 0.2) is 41.2 Å². The zero-order valence-corrected chi connectivity index (χ0v) is 16.8. The highest BCUT2D eigenvalue weighted by molar-refractivity contribution is 7.04. The van der Waals surface area contributed by atoms with Crippen molar-refractivity contribution in [3.05, 3.63) is 46.8 Å². The first-order valence-corrected chi connectivity index (χ1v) is 14.6. The Kier molecular flexibility index (Phi) is 6.20. The summed E-state index contributed by atoms with van der Waals surface area (Å²) in [5.74, 6) is 0. The second-order valence-electron chi connectivity index (χ2n) is 7.48. The van der Waals surface area contributed by atoms with Crippen molar-refractivity contribution in [3.8, 4) is 0 Å². The molecule has 0 amide bonds. The standard InChI is InChI=1S/C17H28O3Si2/c1-19-17(18)20-15(14-11-9-8-10-12-14)13-16(21(2,3)4)22(5,6)7/h8-13,15H,1-7H3. The SMILES string of the molecule is COC(=O)OC(C=C([Si](C)(C)C)[Si](C)(C)C)c1ccccc1. The van der Waals surface area contributed by atoms with Crippen molar-refractivity contribution in [2.75, 3.05) is 7.11 Å². The number of rotatable bonds is 5. The predicted molar refractivity (Wildman–Crippen MR) is 97.4 cm³/mol. The molecule has 0 N–H and O–H groups in total. The summed E-state index contributed by atoms with van der Waals surface area (Å²) in [6.07, 6.45) is 1.14. The van der Waals surface area contributed by atoms with E-state index < -0.39 is 22.3 Å². The molecule has 0 heterocycles. The number of hydrogen-bond donors (Lipinski definition) is 0. The highest BCUT2D eigenvalue weighted by Crippen LogP contribution is 2.30. The third kappa shape index (κ3) is 5.46. The molecule has 0 radical (unpaired) electrons. The Bertz CT molecular complexity index is 509. The van der Waals surface area contributed by atoms with Crippen LogP contribution in [0.5, 0.6) is 0 Å². The van der Waals surface area contributed by atoms with Crippen LogP contribution >= 0.6 is 0 Å². The lowest BCUT2D eigenvalue weighted by atomic mass is 10.1. The van der Waals surface area contributed by atoms with Gasteiger partial charge >= 0.3 is 6.16 Å². The molecule has 1 rings (SSSR count). The number of ether oxygens (including phenoxy) is 2. The molecule has 0 saturated carbocycles. The molecule has 0 fully saturated rings. The van der Waals surface area contributed by atoms with Gasteiger partial charge in [-0.2, -0.15) is 0 Å². The maximum atomic E-state index is 11.6. The van der Waals surface area contributed by atoms with Crippen molar-refractivity contribution < 1.29 is 14.3 Å². The van der Waals surface area contributed by atoms with E-state index in [2.05, 4.69) is 50.1 Å². The van der Waals surface area contributed by atoms with Crippen LogP contribution in [0.2, 0.25) is 39.3 Å². The maximum Gasteiger partial charge on any atom is 0.508 e. The Morgan fingerprint density at radius 2 is 1.50 bits per heavy atom. The van der Waals surface area contributed by atoms with Crippen LogP contribution in [-0.2, 0) is 9.47 Å². The molecule has 0 saturated heterocycles. The van der Waals surface area contributed by atoms with Gasteiger partial charge in [0.2, 0.25) is 0 Å². The topological polar surface area (TPSA) is 35.5 Å². The lowest BCUT2D eigenvalue weighted by Gasteiger charge is -2.32. The second-order valence-corrected chi connectivity index (χ2v) is 18.1. The van der Waals surface area contributed by atoms with Crippen molar-refractivity contribution in [1.82, 2.24) is 0 Å². The monoisotopic (exact) mass is 336 g/mol. The van der Waals surface area contributed by atoms with Crippen molar-refractivity contribution in [3.63, 3.8) is 0 Å². The Morgan fingerprint density at radius 1 is 1.00 bits per heavy atom. The molecule has 0 aliphatic rings. The van der Waals surface area contributed by atoms with Crippen LogP contribution in [0.1, 0.15) is 11.7 Å². The minimum Gasteiger partial charge on any atom is -0.438 e. The molecule has 0 aromatic heterocycles. The Morgan fingerprint density at radius 3 is 1.91 bits per heavy atom. The molecular weight excluding hydrogens is 308 g/mol. The minimum atomic E-state index is -1.49. The Labute approximate surface area is 136 Å². The molecule has 1 atom stereocenters. The fourth-order valence-corrected chi connectivity index (χ4v) is 13.1. The summed E-state index contributed by atoms with van der Waals surface area (Å²) in [7, 11) is -1.64. The lowest BCUT2D eigenvalue weighted by Crippen LogP contribution is -2.40. The molecule has 0 aliphatic heterocycles. The van der Waals surface area contributed by atoms with Crippen LogP contribution in [0.4, 0.5) is 4.79 Å². The molecule has 3 nitrogen and oxygen atoms in total. The fourth-order valence-electron chi connectivity index (χ4n) is 2.77. The van der Waals surface area contributed by atoms with E-state index in [1.807, 2.05) is 30.3 Å². The van der Waals surface area contributed by atoms with Gasteiger partial charge in [0.1, 0.15) is 6.10 Å². The molecule has 1 aromatic carbocycles. The Balaban J connectivity index is 3.31. The summed E-state index contributed by atoms with van der Waals surface area (Å²) in [5.41, 5.74) is 0.974. The molecule has 0 spiro atoms. The van der Waals surface area contributed by atoms with E-state index in [4.69, 9.17) is 4.74 Å². The summed E-state index contributed by atoms with van der Waals surface area (Å²) in [6.45, 7) is 14.1. The van der Waals surface area contributed by atoms with E-state index in [1.54, 1.807) is 0 Å². The van der Waals surface area contributed by atoms with Gasteiger partial charge in [-0.05, 0) is 11.6 Å². The summed E-state index contributed by atoms with van der Waals surface area (Å²) < 4.78 is 10.2. The van der Waals surface area contributed by atoms with Crippen LogP contribution < -0.4 is 0 Å². The van der Waals surface area contributed by atoms with E-state index >= 15 is 0 Å². The number of carbonyl (C=O) groups excluding carboxylic acids is 1. The van der Waals surface area contributed by atoms with E-state index in [9.17, 15) is 4.79 Å². The minimum absolute atomic E-state index is 0.387. The van der Waals surface area contributed by atoms with Crippen molar-refractivity contribution in [2.24, 2.45) is 0 Å². The van der Waals surface area contributed by atoms with Gasteiger partial charge in [-0.15, -0.1) is 0 Å². The molecule has 5 heteroatoms.